The maximum absolute atomic E-state index is 13.1. The Morgan fingerprint density at radius 1 is 1.21 bits per heavy atom. The Bertz CT molecular complexity index is 535. The lowest BCUT2D eigenvalue weighted by Crippen LogP contribution is -2.49. The molecule has 1 fully saturated rings. The molecule has 1 aliphatic rings. The molecule has 0 bridgehead atoms. The van der Waals surface area contributed by atoms with Crippen molar-refractivity contribution in [3.05, 3.63) is 29.6 Å². The molecule has 1 aromatic carbocycles. The third-order valence-corrected chi connectivity index (χ3v) is 3.47. The molecule has 0 aliphatic carbocycles. The first-order valence-corrected chi connectivity index (χ1v) is 6.24. The zero-order valence-corrected chi connectivity index (χ0v) is 10.8. The van der Waals surface area contributed by atoms with Gasteiger partial charge in [-0.2, -0.15) is 10.5 Å². The lowest BCUT2D eigenvalue weighted by Gasteiger charge is -2.37. The summed E-state index contributed by atoms with van der Waals surface area (Å²) in [4.78, 5) is 4.17. The van der Waals surface area contributed by atoms with Crippen LogP contribution in [0.15, 0.2) is 18.2 Å². The first-order chi connectivity index (χ1) is 9.15. The Morgan fingerprint density at radius 2 is 1.89 bits per heavy atom. The standard InChI is InChI=1S/C14H15FN4/c1-11(9-16)18-4-6-19(7-5-18)14-3-2-13(15)8-12(14)10-17/h2-3,8,11H,4-7H2,1H3. The quantitative estimate of drug-likeness (QED) is 0.810. The van der Waals surface area contributed by atoms with Crippen LogP contribution in [-0.4, -0.2) is 37.1 Å². The van der Waals surface area contributed by atoms with Crippen molar-refractivity contribution >= 4 is 5.69 Å². The van der Waals surface area contributed by atoms with E-state index in [9.17, 15) is 4.39 Å². The molecule has 0 amide bonds. The summed E-state index contributed by atoms with van der Waals surface area (Å²) in [6, 6.07) is 8.45. The van der Waals surface area contributed by atoms with Crippen molar-refractivity contribution < 1.29 is 4.39 Å². The van der Waals surface area contributed by atoms with Crippen molar-refractivity contribution in [1.82, 2.24) is 4.90 Å². The molecule has 1 heterocycles. The third-order valence-electron chi connectivity index (χ3n) is 3.47. The first kappa shape index (κ1) is 13.3. The van der Waals surface area contributed by atoms with E-state index in [0.717, 1.165) is 31.9 Å². The van der Waals surface area contributed by atoms with Gasteiger partial charge in [-0.15, -0.1) is 0 Å². The average Bonchev–Trinajstić information content (AvgIpc) is 2.46. The molecule has 98 valence electrons. The summed E-state index contributed by atoms with van der Waals surface area (Å²) in [7, 11) is 0. The lowest BCUT2D eigenvalue weighted by molar-refractivity contribution is 0.231. The van der Waals surface area contributed by atoms with Crippen molar-refractivity contribution in [1.29, 1.82) is 10.5 Å². The number of hydrogen-bond donors (Lipinski definition) is 0. The van der Waals surface area contributed by atoms with Gasteiger partial charge in [0.15, 0.2) is 0 Å². The van der Waals surface area contributed by atoms with E-state index in [4.69, 9.17) is 10.5 Å². The van der Waals surface area contributed by atoms with Crippen LogP contribution in [0.4, 0.5) is 10.1 Å². The average molecular weight is 258 g/mol. The molecular weight excluding hydrogens is 243 g/mol. The van der Waals surface area contributed by atoms with Crippen LogP contribution >= 0.6 is 0 Å². The zero-order chi connectivity index (χ0) is 13.8. The highest BCUT2D eigenvalue weighted by atomic mass is 19.1. The molecule has 1 atom stereocenters. The smallest absolute Gasteiger partial charge is 0.124 e. The zero-order valence-electron chi connectivity index (χ0n) is 10.8. The summed E-state index contributed by atoms with van der Waals surface area (Å²) in [5.74, 6) is -0.392. The van der Waals surface area contributed by atoms with E-state index in [1.807, 2.05) is 13.0 Å². The van der Waals surface area contributed by atoms with Crippen molar-refractivity contribution in [2.45, 2.75) is 13.0 Å². The fourth-order valence-electron chi connectivity index (χ4n) is 2.31. The van der Waals surface area contributed by atoms with Gasteiger partial charge in [0.05, 0.1) is 23.4 Å². The molecule has 2 rings (SSSR count). The van der Waals surface area contributed by atoms with Gasteiger partial charge in [0.25, 0.3) is 0 Å². The summed E-state index contributed by atoms with van der Waals surface area (Å²) >= 11 is 0. The summed E-state index contributed by atoms with van der Waals surface area (Å²) in [5, 5.41) is 17.9. The van der Waals surface area contributed by atoms with Gasteiger partial charge < -0.3 is 4.90 Å². The van der Waals surface area contributed by atoms with Crippen molar-refractivity contribution in [3.8, 4) is 12.1 Å². The van der Waals surface area contributed by atoms with E-state index >= 15 is 0 Å². The number of benzene rings is 1. The molecule has 0 saturated carbocycles. The number of hydrogen-bond acceptors (Lipinski definition) is 4. The van der Waals surface area contributed by atoms with Gasteiger partial charge in [0.2, 0.25) is 0 Å². The van der Waals surface area contributed by atoms with E-state index < -0.39 is 5.82 Å². The largest absolute Gasteiger partial charge is 0.368 e. The molecule has 0 spiro atoms. The summed E-state index contributed by atoms with van der Waals surface area (Å²) in [6.45, 7) is 4.92. The Labute approximate surface area is 112 Å². The van der Waals surface area contributed by atoms with Crippen LogP contribution in [0.3, 0.4) is 0 Å². The minimum atomic E-state index is -0.392. The third kappa shape index (κ3) is 2.83. The SMILES string of the molecule is CC(C#N)N1CCN(c2ccc(F)cc2C#N)CC1. The molecule has 1 aromatic rings. The number of nitriles is 2. The molecule has 19 heavy (non-hydrogen) atoms. The van der Waals surface area contributed by atoms with Crippen LogP contribution in [0.5, 0.6) is 0 Å². The molecule has 5 heteroatoms. The predicted octanol–water partition coefficient (Wildman–Crippen LogP) is 1.73. The summed E-state index contributed by atoms with van der Waals surface area (Å²) in [6.07, 6.45) is 0. The summed E-state index contributed by atoms with van der Waals surface area (Å²) < 4.78 is 13.1. The van der Waals surface area contributed by atoms with E-state index in [-0.39, 0.29) is 6.04 Å². The Kier molecular flexibility index (Phi) is 3.99. The molecule has 0 N–H and O–H groups in total. The van der Waals surface area contributed by atoms with Gasteiger partial charge in [-0.1, -0.05) is 0 Å². The molecule has 1 aliphatic heterocycles. The first-order valence-electron chi connectivity index (χ1n) is 6.24. The van der Waals surface area contributed by atoms with Crippen LogP contribution in [-0.2, 0) is 0 Å². The highest BCUT2D eigenvalue weighted by Gasteiger charge is 2.22. The van der Waals surface area contributed by atoms with E-state index in [2.05, 4.69) is 15.9 Å². The van der Waals surface area contributed by atoms with Gasteiger partial charge in [0.1, 0.15) is 11.9 Å². The Balaban J connectivity index is 2.11. The minimum Gasteiger partial charge on any atom is -0.368 e. The van der Waals surface area contributed by atoms with Crippen LogP contribution < -0.4 is 4.90 Å². The normalized spacial score (nSPS) is 17.6. The molecule has 0 aromatic heterocycles. The topological polar surface area (TPSA) is 54.1 Å². The van der Waals surface area contributed by atoms with Crippen LogP contribution in [0.25, 0.3) is 0 Å². The molecule has 1 unspecified atom stereocenters. The fourth-order valence-corrected chi connectivity index (χ4v) is 2.31. The highest BCUT2D eigenvalue weighted by molar-refractivity contribution is 5.59. The Hall–Kier alpha value is -2.11. The van der Waals surface area contributed by atoms with E-state index in [0.29, 0.717) is 5.56 Å². The van der Waals surface area contributed by atoms with Gasteiger partial charge in [-0.05, 0) is 25.1 Å². The predicted molar refractivity (Wildman–Crippen MR) is 70.0 cm³/mol. The number of halogens is 1. The van der Waals surface area contributed by atoms with Gasteiger partial charge in [0, 0.05) is 26.2 Å². The lowest BCUT2D eigenvalue weighted by atomic mass is 10.1. The highest BCUT2D eigenvalue weighted by Crippen LogP contribution is 2.22. The van der Waals surface area contributed by atoms with E-state index in [1.54, 1.807) is 6.07 Å². The monoisotopic (exact) mass is 258 g/mol. The number of anilines is 1. The number of piperazine rings is 1. The Morgan fingerprint density at radius 3 is 2.47 bits per heavy atom. The van der Waals surface area contributed by atoms with Crippen LogP contribution in [0.1, 0.15) is 12.5 Å². The van der Waals surface area contributed by atoms with Gasteiger partial charge in [-0.3, -0.25) is 4.90 Å². The number of nitrogens with zero attached hydrogens (tertiary/aromatic N) is 4. The van der Waals surface area contributed by atoms with Gasteiger partial charge >= 0.3 is 0 Å². The second kappa shape index (κ2) is 5.69. The number of rotatable bonds is 2. The second-order valence-corrected chi connectivity index (χ2v) is 4.60. The van der Waals surface area contributed by atoms with Crippen LogP contribution in [0, 0.1) is 28.5 Å². The van der Waals surface area contributed by atoms with E-state index in [1.165, 1.54) is 12.1 Å². The molecular formula is C14H15FN4. The van der Waals surface area contributed by atoms with Crippen molar-refractivity contribution in [2.24, 2.45) is 0 Å². The molecule has 4 nitrogen and oxygen atoms in total. The maximum atomic E-state index is 13.1. The van der Waals surface area contributed by atoms with Crippen molar-refractivity contribution in [3.63, 3.8) is 0 Å². The maximum Gasteiger partial charge on any atom is 0.124 e. The minimum absolute atomic E-state index is 0.0918. The van der Waals surface area contributed by atoms with Gasteiger partial charge in [-0.25, -0.2) is 4.39 Å². The second-order valence-electron chi connectivity index (χ2n) is 4.60. The summed E-state index contributed by atoms with van der Waals surface area (Å²) in [5.41, 5.74) is 1.13. The molecule has 0 radical (unpaired) electrons. The van der Waals surface area contributed by atoms with Crippen LogP contribution in [0.2, 0.25) is 0 Å². The van der Waals surface area contributed by atoms with Crippen molar-refractivity contribution in [2.75, 3.05) is 31.1 Å². The molecule has 1 saturated heterocycles. The fraction of sp³-hybridized carbons (Fsp3) is 0.429.